The summed E-state index contributed by atoms with van der Waals surface area (Å²) in [5.41, 5.74) is 0.738. The molecule has 0 saturated carbocycles. The molecule has 2 saturated heterocycles. The highest BCUT2D eigenvalue weighted by atomic mass is 19.1. The van der Waals surface area contributed by atoms with E-state index >= 15 is 0 Å². The van der Waals surface area contributed by atoms with Crippen molar-refractivity contribution in [2.75, 3.05) is 32.7 Å². The van der Waals surface area contributed by atoms with Gasteiger partial charge in [-0.25, -0.2) is 4.39 Å². The number of imide groups is 1. The summed E-state index contributed by atoms with van der Waals surface area (Å²) in [4.78, 5) is 54.6. The average Bonchev–Trinajstić information content (AvgIpc) is 3.00. The molecule has 1 aliphatic carbocycles. The van der Waals surface area contributed by atoms with Crippen molar-refractivity contribution in [2.45, 2.75) is 19.3 Å². The Morgan fingerprint density at radius 1 is 0.833 bits per heavy atom. The first-order valence-corrected chi connectivity index (χ1v) is 10.2. The van der Waals surface area contributed by atoms with E-state index in [0.29, 0.717) is 39.0 Å². The lowest BCUT2D eigenvalue weighted by molar-refractivity contribution is -0.147. The van der Waals surface area contributed by atoms with Gasteiger partial charge >= 0.3 is 0 Å². The average molecular weight is 413 g/mol. The second-order valence-corrected chi connectivity index (χ2v) is 7.98. The topological polar surface area (TPSA) is 78.0 Å². The normalized spacial score (nSPS) is 23.7. The van der Waals surface area contributed by atoms with Crippen LogP contribution in [0.4, 0.5) is 4.39 Å². The molecule has 7 nitrogen and oxygen atoms in total. The molecule has 2 fully saturated rings. The van der Waals surface area contributed by atoms with Crippen LogP contribution in [-0.4, -0.2) is 71.1 Å². The largest absolute Gasteiger partial charge is 0.339 e. The number of benzene rings is 1. The van der Waals surface area contributed by atoms with Crippen molar-refractivity contribution in [1.82, 2.24) is 14.7 Å². The SMILES string of the molecule is O=C(Cc1ccc(F)cc1)N1CCN(C(=O)CN2C(=O)C3CC=CCC3C2=O)CC1. The molecule has 2 aliphatic heterocycles. The second-order valence-electron chi connectivity index (χ2n) is 7.98. The molecular formula is C22H24FN3O4. The quantitative estimate of drug-likeness (QED) is 0.545. The lowest BCUT2D eigenvalue weighted by Gasteiger charge is -2.35. The van der Waals surface area contributed by atoms with E-state index in [0.717, 1.165) is 10.5 Å². The molecule has 0 bridgehead atoms. The zero-order chi connectivity index (χ0) is 21.3. The van der Waals surface area contributed by atoms with Crippen LogP contribution in [0.25, 0.3) is 0 Å². The molecule has 30 heavy (non-hydrogen) atoms. The molecule has 3 aliphatic rings. The smallest absolute Gasteiger partial charge is 0.242 e. The summed E-state index contributed by atoms with van der Waals surface area (Å²) in [5, 5.41) is 0. The maximum Gasteiger partial charge on any atom is 0.242 e. The van der Waals surface area contributed by atoms with Gasteiger partial charge in [0.25, 0.3) is 0 Å². The summed E-state index contributed by atoms with van der Waals surface area (Å²) in [5.74, 6) is -1.87. The van der Waals surface area contributed by atoms with Crippen molar-refractivity contribution in [3.05, 3.63) is 47.8 Å². The summed E-state index contributed by atoms with van der Waals surface area (Å²) in [6.07, 6.45) is 5.12. The number of piperazine rings is 1. The van der Waals surface area contributed by atoms with Gasteiger partial charge in [-0.2, -0.15) is 0 Å². The Labute approximate surface area is 174 Å². The standard InChI is InChI=1S/C22H24FN3O4/c23-16-7-5-15(6-8-16)13-19(27)24-9-11-25(12-10-24)20(28)14-26-21(29)17-3-1-2-4-18(17)22(26)30/h1-2,5-8,17-18H,3-4,9-14H2. The minimum atomic E-state index is -0.344. The molecule has 0 spiro atoms. The molecule has 2 unspecified atom stereocenters. The summed E-state index contributed by atoms with van der Waals surface area (Å²) in [7, 11) is 0. The van der Waals surface area contributed by atoms with Gasteiger partial charge in [0, 0.05) is 26.2 Å². The Balaban J connectivity index is 1.28. The fourth-order valence-electron chi connectivity index (χ4n) is 4.35. The lowest BCUT2D eigenvalue weighted by Crippen LogP contribution is -2.53. The molecule has 4 rings (SSSR count). The van der Waals surface area contributed by atoms with Crippen LogP contribution < -0.4 is 0 Å². The van der Waals surface area contributed by atoms with Crippen LogP contribution in [-0.2, 0) is 25.6 Å². The Hall–Kier alpha value is -3.03. The number of nitrogens with zero attached hydrogens (tertiary/aromatic N) is 3. The molecule has 1 aromatic rings. The number of allylic oxidation sites excluding steroid dienone is 2. The summed E-state index contributed by atoms with van der Waals surface area (Å²) < 4.78 is 13.0. The van der Waals surface area contributed by atoms with Crippen molar-refractivity contribution < 1.29 is 23.6 Å². The van der Waals surface area contributed by atoms with E-state index in [1.54, 1.807) is 21.9 Å². The fourth-order valence-corrected chi connectivity index (χ4v) is 4.35. The van der Waals surface area contributed by atoms with E-state index < -0.39 is 0 Å². The van der Waals surface area contributed by atoms with Gasteiger partial charge in [-0.1, -0.05) is 24.3 Å². The molecule has 158 valence electrons. The third-order valence-corrected chi connectivity index (χ3v) is 6.15. The van der Waals surface area contributed by atoms with Crippen molar-refractivity contribution in [3.8, 4) is 0 Å². The molecule has 2 heterocycles. The Morgan fingerprint density at radius 2 is 1.33 bits per heavy atom. The number of halogens is 1. The van der Waals surface area contributed by atoms with Crippen LogP contribution in [0.1, 0.15) is 18.4 Å². The molecule has 2 atom stereocenters. The Bertz CT molecular complexity index is 864. The van der Waals surface area contributed by atoms with Gasteiger partial charge in [-0.3, -0.25) is 24.1 Å². The van der Waals surface area contributed by atoms with E-state index in [1.807, 2.05) is 12.2 Å². The van der Waals surface area contributed by atoms with Crippen LogP contribution >= 0.6 is 0 Å². The van der Waals surface area contributed by atoms with Crippen molar-refractivity contribution >= 4 is 23.6 Å². The van der Waals surface area contributed by atoms with Gasteiger partial charge in [0.15, 0.2) is 0 Å². The number of carbonyl (C=O) groups excluding carboxylic acids is 4. The molecule has 4 amide bonds. The van der Waals surface area contributed by atoms with Crippen LogP contribution in [0, 0.1) is 17.7 Å². The predicted octanol–water partition coefficient (Wildman–Crippen LogP) is 0.990. The number of rotatable bonds is 4. The fraction of sp³-hybridized carbons (Fsp3) is 0.455. The van der Waals surface area contributed by atoms with Crippen LogP contribution in [0.2, 0.25) is 0 Å². The molecule has 0 aromatic heterocycles. The number of fused-ring (bicyclic) bond motifs is 1. The predicted molar refractivity (Wildman–Crippen MR) is 105 cm³/mol. The first-order valence-electron chi connectivity index (χ1n) is 10.2. The first kappa shape index (κ1) is 20.3. The molecule has 8 heteroatoms. The Kier molecular flexibility index (Phi) is 5.65. The van der Waals surface area contributed by atoms with Gasteiger partial charge in [-0.05, 0) is 30.5 Å². The van der Waals surface area contributed by atoms with Gasteiger partial charge in [0.1, 0.15) is 12.4 Å². The van der Waals surface area contributed by atoms with Crippen molar-refractivity contribution in [3.63, 3.8) is 0 Å². The molecule has 1 aromatic carbocycles. The highest BCUT2D eigenvalue weighted by Gasteiger charge is 2.48. The number of amides is 4. The van der Waals surface area contributed by atoms with Crippen LogP contribution in [0.5, 0.6) is 0 Å². The molecule has 0 radical (unpaired) electrons. The number of hydrogen-bond acceptors (Lipinski definition) is 4. The third kappa shape index (κ3) is 3.99. The maximum atomic E-state index is 13.0. The lowest BCUT2D eigenvalue weighted by atomic mass is 9.85. The van der Waals surface area contributed by atoms with Crippen molar-refractivity contribution in [2.24, 2.45) is 11.8 Å². The van der Waals surface area contributed by atoms with Gasteiger partial charge < -0.3 is 9.80 Å². The summed E-state index contributed by atoms with van der Waals surface area (Å²) in [6, 6.07) is 5.83. The van der Waals surface area contributed by atoms with E-state index in [9.17, 15) is 23.6 Å². The second kappa shape index (κ2) is 8.38. The number of likely N-dealkylation sites (tertiary alicyclic amines) is 1. The molecular weight excluding hydrogens is 389 g/mol. The summed E-state index contributed by atoms with van der Waals surface area (Å²) in [6.45, 7) is 1.27. The summed E-state index contributed by atoms with van der Waals surface area (Å²) >= 11 is 0. The monoisotopic (exact) mass is 413 g/mol. The van der Waals surface area contributed by atoms with Gasteiger partial charge in [-0.15, -0.1) is 0 Å². The van der Waals surface area contributed by atoms with E-state index in [2.05, 4.69) is 0 Å². The number of hydrogen-bond donors (Lipinski definition) is 0. The van der Waals surface area contributed by atoms with Crippen LogP contribution in [0.3, 0.4) is 0 Å². The highest BCUT2D eigenvalue weighted by Crippen LogP contribution is 2.34. The van der Waals surface area contributed by atoms with Crippen molar-refractivity contribution in [1.29, 1.82) is 0 Å². The highest BCUT2D eigenvalue weighted by molar-refractivity contribution is 6.07. The first-order chi connectivity index (χ1) is 14.4. The minimum Gasteiger partial charge on any atom is -0.339 e. The Morgan fingerprint density at radius 3 is 1.87 bits per heavy atom. The van der Waals surface area contributed by atoms with E-state index in [1.165, 1.54) is 12.1 Å². The zero-order valence-electron chi connectivity index (χ0n) is 16.6. The molecule has 0 N–H and O–H groups in total. The van der Waals surface area contributed by atoms with E-state index in [4.69, 9.17) is 0 Å². The van der Waals surface area contributed by atoms with Gasteiger partial charge in [0.2, 0.25) is 23.6 Å². The maximum absolute atomic E-state index is 13.0. The third-order valence-electron chi connectivity index (χ3n) is 6.15. The van der Waals surface area contributed by atoms with E-state index in [-0.39, 0.29) is 54.2 Å². The minimum absolute atomic E-state index is 0.0739. The van der Waals surface area contributed by atoms with Gasteiger partial charge in [0.05, 0.1) is 18.3 Å². The van der Waals surface area contributed by atoms with Crippen LogP contribution in [0.15, 0.2) is 36.4 Å². The number of carbonyl (C=O) groups is 4. The zero-order valence-corrected chi connectivity index (χ0v) is 16.6.